The molecule has 0 saturated carbocycles. The van der Waals surface area contributed by atoms with Crippen LogP contribution >= 0.6 is 0 Å². The summed E-state index contributed by atoms with van der Waals surface area (Å²) in [7, 11) is 4.21. The minimum atomic E-state index is -0.349. The number of rotatable bonds is 4. The summed E-state index contributed by atoms with van der Waals surface area (Å²) in [4.78, 5) is 16.5. The van der Waals surface area contributed by atoms with Gasteiger partial charge in [0.1, 0.15) is 0 Å². The minimum absolute atomic E-state index is 0.349. The van der Waals surface area contributed by atoms with Crippen LogP contribution < -0.4 is 10.6 Å². The summed E-state index contributed by atoms with van der Waals surface area (Å²) in [5, 5.41) is 0. The fraction of sp³-hybridized carbons (Fsp3) is 0.562. The van der Waals surface area contributed by atoms with Crippen LogP contribution in [0.25, 0.3) is 0 Å². The molecule has 1 aromatic rings. The lowest BCUT2D eigenvalue weighted by atomic mass is 10.0. The predicted molar refractivity (Wildman–Crippen MR) is 85.7 cm³/mol. The molecule has 1 heterocycles. The summed E-state index contributed by atoms with van der Waals surface area (Å²) < 4.78 is 5.06. The molecule has 0 bridgehead atoms. The molecule has 1 aliphatic heterocycles. The summed E-state index contributed by atoms with van der Waals surface area (Å²) in [5.74, 6) is -0.349. The Kier molecular flexibility index (Phi) is 5.07. The zero-order chi connectivity index (χ0) is 15.4. The van der Waals surface area contributed by atoms with E-state index in [4.69, 9.17) is 10.5 Å². The van der Waals surface area contributed by atoms with E-state index in [-0.39, 0.29) is 5.97 Å². The Labute approximate surface area is 126 Å². The number of anilines is 2. The molecule has 0 aliphatic carbocycles. The molecule has 2 rings (SSSR count). The van der Waals surface area contributed by atoms with Gasteiger partial charge in [-0.05, 0) is 46.0 Å². The number of hydrogen-bond acceptors (Lipinski definition) is 5. The van der Waals surface area contributed by atoms with Crippen molar-refractivity contribution < 1.29 is 9.53 Å². The lowest BCUT2D eigenvalue weighted by Crippen LogP contribution is -2.45. The second-order valence-electron chi connectivity index (χ2n) is 5.66. The van der Waals surface area contributed by atoms with Crippen molar-refractivity contribution >= 4 is 17.3 Å². The van der Waals surface area contributed by atoms with Gasteiger partial charge in [0, 0.05) is 19.1 Å². The summed E-state index contributed by atoms with van der Waals surface area (Å²) in [5.41, 5.74) is 8.13. The third-order valence-electron chi connectivity index (χ3n) is 4.05. The quantitative estimate of drug-likeness (QED) is 0.679. The van der Waals surface area contributed by atoms with Crippen LogP contribution in [0.5, 0.6) is 0 Å². The molecule has 2 N–H and O–H groups in total. The Bertz CT molecular complexity index is 502. The van der Waals surface area contributed by atoms with Gasteiger partial charge in [-0.3, -0.25) is 0 Å². The third kappa shape index (κ3) is 3.47. The van der Waals surface area contributed by atoms with Gasteiger partial charge < -0.3 is 20.3 Å². The number of esters is 1. The van der Waals surface area contributed by atoms with Gasteiger partial charge in [0.25, 0.3) is 0 Å². The van der Waals surface area contributed by atoms with Crippen molar-refractivity contribution in [2.75, 3.05) is 44.4 Å². The van der Waals surface area contributed by atoms with Crippen LogP contribution in [0.4, 0.5) is 11.4 Å². The second kappa shape index (κ2) is 6.80. The molecule has 0 aromatic heterocycles. The molecule has 5 heteroatoms. The highest BCUT2D eigenvalue weighted by Gasteiger charge is 2.24. The van der Waals surface area contributed by atoms with Crippen molar-refractivity contribution in [1.82, 2.24) is 4.90 Å². The number of benzene rings is 1. The number of hydrogen-bond donors (Lipinski definition) is 1. The van der Waals surface area contributed by atoms with Gasteiger partial charge in [0.05, 0.1) is 23.5 Å². The fourth-order valence-electron chi connectivity index (χ4n) is 2.81. The summed E-state index contributed by atoms with van der Waals surface area (Å²) >= 11 is 0. The van der Waals surface area contributed by atoms with E-state index in [1.54, 1.807) is 13.0 Å². The average Bonchev–Trinajstić information content (AvgIpc) is 2.47. The van der Waals surface area contributed by atoms with Gasteiger partial charge in [-0.15, -0.1) is 0 Å². The molecule has 1 fully saturated rings. The Morgan fingerprint density at radius 1 is 1.48 bits per heavy atom. The highest BCUT2D eigenvalue weighted by atomic mass is 16.5. The fourth-order valence-corrected chi connectivity index (χ4v) is 2.81. The molecule has 1 atom stereocenters. The molecule has 1 unspecified atom stereocenters. The molecule has 1 aliphatic rings. The maximum Gasteiger partial charge on any atom is 0.340 e. The van der Waals surface area contributed by atoms with E-state index in [0.29, 0.717) is 23.9 Å². The minimum Gasteiger partial charge on any atom is -0.462 e. The zero-order valence-corrected chi connectivity index (χ0v) is 13.1. The van der Waals surface area contributed by atoms with Crippen molar-refractivity contribution in [1.29, 1.82) is 0 Å². The molecule has 1 saturated heterocycles. The first-order chi connectivity index (χ1) is 10.0. The molecule has 21 heavy (non-hydrogen) atoms. The van der Waals surface area contributed by atoms with E-state index in [1.807, 2.05) is 12.1 Å². The van der Waals surface area contributed by atoms with Crippen LogP contribution in [0.2, 0.25) is 0 Å². The second-order valence-corrected chi connectivity index (χ2v) is 5.66. The lowest BCUT2D eigenvalue weighted by molar-refractivity contribution is 0.0527. The highest BCUT2D eigenvalue weighted by Crippen LogP contribution is 2.30. The van der Waals surface area contributed by atoms with E-state index in [1.165, 1.54) is 6.42 Å². The number of para-hydroxylation sites is 1. The van der Waals surface area contributed by atoms with Crippen molar-refractivity contribution in [2.45, 2.75) is 25.8 Å². The number of piperidine rings is 1. The first kappa shape index (κ1) is 15.6. The number of carbonyl (C=O) groups excluding carboxylic acids is 1. The van der Waals surface area contributed by atoms with Crippen LogP contribution in [0.15, 0.2) is 18.2 Å². The van der Waals surface area contributed by atoms with E-state index in [2.05, 4.69) is 23.9 Å². The van der Waals surface area contributed by atoms with Gasteiger partial charge in [-0.2, -0.15) is 0 Å². The highest BCUT2D eigenvalue weighted by molar-refractivity contribution is 5.98. The number of nitrogens with zero attached hydrogens (tertiary/aromatic N) is 2. The first-order valence-electron chi connectivity index (χ1n) is 7.51. The van der Waals surface area contributed by atoms with Crippen LogP contribution in [0.1, 0.15) is 30.1 Å². The van der Waals surface area contributed by atoms with E-state index >= 15 is 0 Å². The van der Waals surface area contributed by atoms with Crippen LogP contribution in [-0.2, 0) is 4.74 Å². The molecule has 116 valence electrons. The summed E-state index contributed by atoms with van der Waals surface area (Å²) in [6.45, 7) is 4.06. The SMILES string of the molecule is CCOC(=O)c1cccc(N2CCCC(N(C)C)C2)c1N. The van der Waals surface area contributed by atoms with Crippen LogP contribution in [0, 0.1) is 0 Å². The number of likely N-dealkylation sites (N-methyl/N-ethyl adjacent to an activating group) is 1. The Morgan fingerprint density at radius 3 is 2.90 bits per heavy atom. The third-order valence-corrected chi connectivity index (χ3v) is 4.05. The topological polar surface area (TPSA) is 58.8 Å². The lowest BCUT2D eigenvalue weighted by Gasteiger charge is -2.38. The Balaban J connectivity index is 2.23. The first-order valence-corrected chi connectivity index (χ1v) is 7.51. The molecule has 0 radical (unpaired) electrons. The zero-order valence-electron chi connectivity index (χ0n) is 13.1. The molecule has 5 nitrogen and oxygen atoms in total. The van der Waals surface area contributed by atoms with E-state index in [0.717, 1.165) is 25.2 Å². The number of nitrogens with two attached hydrogens (primary N) is 1. The molecule has 1 aromatic carbocycles. The molecule has 0 spiro atoms. The normalized spacial score (nSPS) is 18.9. The average molecular weight is 291 g/mol. The van der Waals surface area contributed by atoms with Gasteiger partial charge in [-0.1, -0.05) is 6.07 Å². The number of ether oxygens (including phenoxy) is 1. The molecular weight excluding hydrogens is 266 g/mol. The molecule has 0 amide bonds. The van der Waals surface area contributed by atoms with Gasteiger partial charge >= 0.3 is 5.97 Å². The molecular formula is C16H25N3O2. The smallest absolute Gasteiger partial charge is 0.340 e. The van der Waals surface area contributed by atoms with Gasteiger partial charge in [0.2, 0.25) is 0 Å². The standard InChI is InChI=1S/C16H25N3O2/c1-4-21-16(20)13-8-5-9-14(15(13)17)19-10-6-7-12(11-19)18(2)3/h5,8-9,12H,4,6-7,10-11,17H2,1-3H3. The van der Waals surface area contributed by atoms with Crippen molar-refractivity contribution in [3.8, 4) is 0 Å². The maximum absolute atomic E-state index is 11.9. The van der Waals surface area contributed by atoms with Crippen molar-refractivity contribution in [2.24, 2.45) is 0 Å². The van der Waals surface area contributed by atoms with Crippen molar-refractivity contribution in [3.05, 3.63) is 23.8 Å². The Morgan fingerprint density at radius 2 is 2.24 bits per heavy atom. The van der Waals surface area contributed by atoms with Gasteiger partial charge in [-0.25, -0.2) is 4.79 Å². The summed E-state index contributed by atoms with van der Waals surface area (Å²) in [6, 6.07) is 6.10. The summed E-state index contributed by atoms with van der Waals surface area (Å²) in [6.07, 6.45) is 2.33. The van der Waals surface area contributed by atoms with E-state index in [9.17, 15) is 4.79 Å². The van der Waals surface area contributed by atoms with Crippen LogP contribution in [-0.4, -0.2) is 50.7 Å². The van der Waals surface area contributed by atoms with Crippen molar-refractivity contribution in [3.63, 3.8) is 0 Å². The monoisotopic (exact) mass is 291 g/mol. The largest absolute Gasteiger partial charge is 0.462 e. The van der Waals surface area contributed by atoms with Gasteiger partial charge in [0.15, 0.2) is 0 Å². The Hall–Kier alpha value is -1.75. The number of nitrogen functional groups attached to an aromatic ring is 1. The number of carbonyl (C=O) groups is 1. The maximum atomic E-state index is 11.9. The van der Waals surface area contributed by atoms with E-state index < -0.39 is 0 Å². The van der Waals surface area contributed by atoms with Crippen LogP contribution in [0.3, 0.4) is 0 Å². The predicted octanol–water partition coefficient (Wildman–Crippen LogP) is 1.98.